The Labute approximate surface area is 113 Å². The van der Waals surface area contributed by atoms with Gasteiger partial charge >= 0.3 is 11.9 Å². The van der Waals surface area contributed by atoms with E-state index in [4.69, 9.17) is 9.84 Å². The van der Waals surface area contributed by atoms with Gasteiger partial charge in [-0.1, -0.05) is 18.2 Å². The Kier molecular flexibility index (Phi) is 4.02. The van der Waals surface area contributed by atoms with Crippen molar-refractivity contribution in [2.24, 2.45) is 0 Å². The van der Waals surface area contributed by atoms with E-state index >= 15 is 0 Å². The number of hydrogen-bond acceptors (Lipinski definition) is 7. The first-order valence-electron chi connectivity index (χ1n) is 5.75. The Morgan fingerprint density at radius 2 is 2.00 bits per heavy atom. The molecule has 0 aliphatic carbocycles. The monoisotopic (exact) mass is 280 g/mol. The zero-order chi connectivity index (χ0) is 14.7. The van der Waals surface area contributed by atoms with E-state index in [2.05, 4.69) is 4.74 Å². The average Bonchev–Trinajstić information content (AvgIpc) is 2.75. The topological polar surface area (TPSA) is 113 Å². The van der Waals surface area contributed by atoms with Crippen LogP contribution in [0.1, 0.15) is 10.4 Å². The van der Waals surface area contributed by atoms with Gasteiger partial charge in [-0.25, -0.2) is 9.59 Å². The van der Waals surface area contributed by atoms with Crippen molar-refractivity contribution in [3.05, 3.63) is 47.4 Å². The van der Waals surface area contributed by atoms with Gasteiger partial charge in [-0.2, -0.15) is 0 Å². The van der Waals surface area contributed by atoms with E-state index in [1.54, 1.807) is 18.2 Å². The molecule has 1 aromatic carbocycles. The Hall–Kier alpha value is -2.38. The molecule has 1 heterocycles. The molecule has 7 heteroatoms. The van der Waals surface area contributed by atoms with Crippen molar-refractivity contribution in [3.63, 3.8) is 0 Å². The van der Waals surface area contributed by atoms with Gasteiger partial charge in [-0.3, -0.25) is 0 Å². The third kappa shape index (κ3) is 2.63. The van der Waals surface area contributed by atoms with Crippen molar-refractivity contribution in [2.45, 2.75) is 12.2 Å². The van der Waals surface area contributed by atoms with E-state index < -0.39 is 42.3 Å². The number of hydrogen-bond donors (Lipinski definition) is 3. The molecule has 3 N–H and O–H groups in total. The van der Waals surface area contributed by atoms with Crippen LogP contribution in [0.2, 0.25) is 0 Å². The molecule has 0 spiro atoms. The molecule has 20 heavy (non-hydrogen) atoms. The number of aliphatic hydroxyl groups is 3. The fourth-order valence-electron chi connectivity index (χ4n) is 1.63. The first-order valence-corrected chi connectivity index (χ1v) is 5.75. The number of cyclic esters (lactones) is 1. The van der Waals surface area contributed by atoms with E-state index in [1.807, 2.05) is 0 Å². The molecule has 2 rings (SSSR count). The predicted octanol–water partition coefficient (Wildman–Crippen LogP) is -0.108. The highest BCUT2D eigenvalue weighted by atomic mass is 16.6. The summed E-state index contributed by atoms with van der Waals surface area (Å²) < 4.78 is 9.40. The molecule has 1 aliphatic rings. The summed E-state index contributed by atoms with van der Waals surface area (Å²) in [6.45, 7) is -0.720. The van der Waals surface area contributed by atoms with Gasteiger partial charge in [-0.05, 0) is 12.1 Å². The van der Waals surface area contributed by atoms with E-state index in [9.17, 15) is 19.8 Å². The lowest BCUT2D eigenvalue weighted by atomic mass is 10.2. The normalized spacial score (nSPS) is 19.7. The van der Waals surface area contributed by atoms with Crippen LogP contribution in [-0.2, 0) is 14.3 Å². The van der Waals surface area contributed by atoms with Gasteiger partial charge in [0.05, 0.1) is 12.2 Å². The van der Waals surface area contributed by atoms with Gasteiger partial charge in [0.2, 0.25) is 0 Å². The van der Waals surface area contributed by atoms with Crippen molar-refractivity contribution in [1.29, 1.82) is 0 Å². The Morgan fingerprint density at radius 1 is 1.35 bits per heavy atom. The highest BCUT2D eigenvalue weighted by Gasteiger charge is 2.41. The quantitative estimate of drug-likeness (QED) is 0.659. The van der Waals surface area contributed by atoms with Crippen LogP contribution in [-0.4, -0.2) is 46.1 Å². The molecule has 106 valence electrons. The maximum atomic E-state index is 11.8. The van der Waals surface area contributed by atoms with Crippen molar-refractivity contribution in [3.8, 4) is 0 Å². The van der Waals surface area contributed by atoms with Gasteiger partial charge in [0.25, 0.3) is 5.76 Å². The Balaban J connectivity index is 2.18. The number of carbonyl (C=O) groups excluding carboxylic acids is 2. The highest BCUT2D eigenvalue weighted by molar-refractivity contribution is 5.97. The molecule has 0 fully saturated rings. The summed E-state index contributed by atoms with van der Waals surface area (Å²) in [4.78, 5) is 23.2. The van der Waals surface area contributed by atoms with Gasteiger partial charge < -0.3 is 24.8 Å². The van der Waals surface area contributed by atoms with Crippen molar-refractivity contribution in [1.82, 2.24) is 0 Å². The summed E-state index contributed by atoms with van der Waals surface area (Å²) in [7, 11) is 0. The number of ether oxygens (including phenoxy) is 2. The second-order valence-corrected chi connectivity index (χ2v) is 4.05. The van der Waals surface area contributed by atoms with E-state index in [0.29, 0.717) is 0 Å². The second-order valence-electron chi connectivity index (χ2n) is 4.05. The molecule has 0 saturated carbocycles. The predicted molar refractivity (Wildman–Crippen MR) is 64.5 cm³/mol. The Bertz CT molecular complexity index is 549. The highest BCUT2D eigenvalue weighted by Crippen LogP contribution is 2.24. The summed E-state index contributed by atoms with van der Waals surface area (Å²) in [6.07, 6.45) is -2.93. The molecule has 0 aromatic heterocycles. The number of carbonyl (C=O) groups is 2. The van der Waals surface area contributed by atoms with Crippen LogP contribution in [0.25, 0.3) is 0 Å². The first kappa shape index (κ1) is 14.0. The number of esters is 2. The van der Waals surface area contributed by atoms with Gasteiger partial charge in [0.1, 0.15) is 6.10 Å². The van der Waals surface area contributed by atoms with Crippen molar-refractivity contribution >= 4 is 11.9 Å². The van der Waals surface area contributed by atoms with Crippen LogP contribution in [0, 0.1) is 0 Å². The summed E-state index contributed by atoms with van der Waals surface area (Å²) in [5, 5.41) is 27.8. The minimum atomic E-state index is -1.49. The van der Waals surface area contributed by atoms with E-state index in [1.165, 1.54) is 12.1 Å². The first-order chi connectivity index (χ1) is 9.54. The van der Waals surface area contributed by atoms with Crippen molar-refractivity contribution in [2.75, 3.05) is 6.61 Å². The number of benzene rings is 1. The zero-order valence-corrected chi connectivity index (χ0v) is 10.2. The molecule has 0 amide bonds. The van der Waals surface area contributed by atoms with Crippen LogP contribution < -0.4 is 0 Å². The van der Waals surface area contributed by atoms with Gasteiger partial charge in [-0.15, -0.1) is 0 Å². The molecular weight excluding hydrogens is 268 g/mol. The van der Waals surface area contributed by atoms with Crippen LogP contribution in [0.3, 0.4) is 0 Å². The summed E-state index contributed by atoms with van der Waals surface area (Å²) in [5.41, 5.74) is 0.187. The minimum Gasteiger partial charge on any atom is -0.505 e. The lowest BCUT2D eigenvalue weighted by Gasteiger charge is -2.13. The maximum Gasteiger partial charge on any atom is 0.378 e. The van der Waals surface area contributed by atoms with Crippen LogP contribution in [0.15, 0.2) is 41.9 Å². The smallest absolute Gasteiger partial charge is 0.378 e. The number of rotatable bonds is 4. The average molecular weight is 280 g/mol. The fourth-order valence-corrected chi connectivity index (χ4v) is 1.63. The summed E-state index contributed by atoms with van der Waals surface area (Å²) >= 11 is 0. The standard InChI is InChI=1S/C13H12O7/c14-6-8(15)10-9(16)11(13(18)19-10)20-12(17)7-4-2-1-3-5-7/h1-5,8,10,14-16H,6H2. The molecule has 2 atom stereocenters. The van der Waals surface area contributed by atoms with E-state index in [0.717, 1.165) is 0 Å². The largest absolute Gasteiger partial charge is 0.505 e. The maximum absolute atomic E-state index is 11.8. The molecule has 2 unspecified atom stereocenters. The molecule has 0 radical (unpaired) electrons. The van der Waals surface area contributed by atoms with E-state index in [-0.39, 0.29) is 5.56 Å². The van der Waals surface area contributed by atoms with Gasteiger partial charge in [0, 0.05) is 0 Å². The Morgan fingerprint density at radius 3 is 2.60 bits per heavy atom. The summed E-state index contributed by atoms with van der Waals surface area (Å²) in [5.74, 6) is -3.33. The van der Waals surface area contributed by atoms with Crippen molar-refractivity contribution < 1.29 is 34.4 Å². The molecule has 1 aromatic rings. The zero-order valence-electron chi connectivity index (χ0n) is 10.2. The fraction of sp³-hybridized carbons (Fsp3) is 0.231. The lowest BCUT2D eigenvalue weighted by Crippen LogP contribution is -2.31. The molecular formula is C13H12O7. The molecule has 1 aliphatic heterocycles. The molecule has 0 saturated heterocycles. The third-order valence-electron chi connectivity index (χ3n) is 2.66. The molecule has 7 nitrogen and oxygen atoms in total. The van der Waals surface area contributed by atoms with Crippen LogP contribution in [0.5, 0.6) is 0 Å². The third-order valence-corrected chi connectivity index (χ3v) is 2.66. The lowest BCUT2D eigenvalue weighted by molar-refractivity contribution is -0.147. The summed E-state index contributed by atoms with van der Waals surface area (Å²) in [6, 6.07) is 7.86. The van der Waals surface area contributed by atoms with Crippen LogP contribution in [0.4, 0.5) is 0 Å². The van der Waals surface area contributed by atoms with Crippen LogP contribution >= 0.6 is 0 Å². The number of aliphatic hydroxyl groups excluding tert-OH is 3. The second kappa shape index (κ2) is 5.72. The minimum absolute atomic E-state index is 0.187. The molecule has 0 bridgehead atoms. The van der Waals surface area contributed by atoms with Gasteiger partial charge in [0.15, 0.2) is 11.9 Å². The SMILES string of the molecule is O=C1OC(C(O)CO)C(O)=C1OC(=O)c1ccccc1.